The van der Waals surface area contributed by atoms with Crippen molar-refractivity contribution in [1.29, 1.82) is 0 Å². The van der Waals surface area contributed by atoms with Gasteiger partial charge in [-0.05, 0) is 38.3 Å². The van der Waals surface area contributed by atoms with Crippen LogP contribution in [0.25, 0.3) is 0 Å². The third-order valence-corrected chi connectivity index (χ3v) is 5.86. The Balaban J connectivity index is 1.79. The van der Waals surface area contributed by atoms with Crippen molar-refractivity contribution in [2.75, 3.05) is 12.3 Å². The molecule has 3 rings (SSSR count). The lowest BCUT2D eigenvalue weighted by Crippen LogP contribution is -2.45. The summed E-state index contributed by atoms with van der Waals surface area (Å²) in [5.74, 6) is 2.32. The largest absolute Gasteiger partial charge is 0.463 e. The summed E-state index contributed by atoms with van der Waals surface area (Å²) in [6, 6.07) is 2.02. The van der Waals surface area contributed by atoms with E-state index in [1.54, 1.807) is 11.8 Å². The lowest BCUT2D eigenvalue weighted by Gasteiger charge is -2.37. The number of thioether (sulfide) groups is 1. The fourth-order valence-electron chi connectivity index (χ4n) is 3.27. The summed E-state index contributed by atoms with van der Waals surface area (Å²) in [5.41, 5.74) is 0.398. The van der Waals surface area contributed by atoms with E-state index in [0.717, 1.165) is 42.8 Å². The molecule has 0 radical (unpaired) electrons. The number of β-amino-alcohol motifs (C(OH)–C–C–N with tert-alkyl or cyclic N) is 1. The minimum absolute atomic E-state index is 0.0872. The number of hydrogen-bond acceptors (Lipinski definition) is 4. The highest BCUT2D eigenvalue weighted by molar-refractivity contribution is 8.00. The van der Waals surface area contributed by atoms with Gasteiger partial charge in [0.25, 0.3) is 0 Å². The van der Waals surface area contributed by atoms with Crippen molar-refractivity contribution < 1.29 is 14.3 Å². The minimum atomic E-state index is -0.715. The maximum absolute atomic E-state index is 12.2. The molecule has 1 aliphatic carbocycles. The number of hydrogen-bond donors (Lipinski definition) is 1. The highest BCUT2D eigenvalue weighted by Crippen LogP contribution is 2.42. The maximum Gasteiger partial charge on any atom is 0.234 e. The Hall–Kier alpha value is -0.940. The Morgan fingerprint density at radius 1 is 1.38 bits per heavy atom. The molecule has 1 saturated heterocycles. The van der Waals surface area contributed by atoms with Crippen molar-refractivity contribution in [2.45, 2.75) is 56.9 Å². The zero-order valence-corrected chi connectivity index (χ0v) is 13.5. The number of rotatable bonds is 3. The fraction of sp³-hybridized carbons (Fsp3) is 0.688. The average molecular weight is 309 g/mol. The summed E-state index contributed by atoms with van der Waals surface area (Å²) < 4.78 is 5.80. The van der Waals surface area contributed by atoms with Gasteiger partial charge in [-0.15, -0.1) is 11.8 Å². The Morgan fingerprint density at radius 2 is 2.10 bits per heavy atom. The van der Waals surface area contributed by atoms with Gasteiger partial charge in [-0.1, -0.05) is 19.3 Å². The Morgan fingerprint density at radius 3 is 2.71 bits per heavy atom. The number of carbonyl (C=O) groups is 1. The summed E-state index contributed by atoms with van der Waals surface area (Å²) in [6.07, 6.45) is 4.88. The molecule has 0 aromatic carbocycles. The van der Waals surface area contributed by atoms with E-state index in [2.05, 4.69) is 0 Å². The van der Waals surface area contributed by atoms with E-state index in [1.165, 1.54) is 6.42 Å². The number of furan rings is 1. The summed E-state index contributed by atoms with van der Waals surface area (Å²) in [7, 11) is 0. The molecule has 0 spiro atoms. The summed E-state index contributed by atoms with van der Waals surface area (Å²) in [6.45, 7) is 4.39. The monoisotopic (exact) mass is 309 g/mol. The highest BCUT2D eigenvalue weighted by Gasteiger charge is 2.41. The third kappa shape index (κ3) is 2.99. The van der Waals surface area contributed by atoms with Gasteiger partial charge >= 0.3 is 0 Å². The van der Waals surface area contributed by atoms with Crippen molar-refractivity contribution in [3.8, 4) is 0 Å². The molecule has 1 saturated carbocycles. The molecule has 1 aromatic rings. The van der Waals surface area contributed by atoms with Gasteiger partial charge < -0.3 is 14.4 Å². The standard InChI is InChI=1S/C16H23NO3S/c1-11-8-13(20-12(11)2)15-17(14(18)9-21-15)10-16(19)6-4-3-5-7-16/h8,15,19H,3-7,9-10H2,1-2H3. The number of aryl methyl sites for hydroxylation is 2. The van der Waals surface area contributed by atoms with Crippen LogP contribution in [-0.4, -0.2) is 33.8 Å². The normalized spacial score (nSPS) is 25.6. The fourth-order valence-corrected chi connectivity index (χ4v) is 4.39. The topological polar surface area (TPSA) is 53.7 Å². The van der Waals surface area contributed by atoms with Crippen LogP contribution in [0.2, 0.25) is 0 Å². The zero-order chi connectivity index (χ0) is 15.0. The molecule has 4 nitrogen and oxygen atoms in total. The Labute approximate surface area is 129 Å². The number of nitrogens with zero attached hydrogens (tertiary/aromatic N) is 1. The quantitative estimate of drug-likeness (QED) is 0.932. The van der Waals surface area contributed by atoms with Crippen LogP contribution in [-0.2, 0) is 4.79 Å². The molecule has 1 aromatic heterocycles. The van der Waals surface area contributed by atoms with Gasteiger partial charge in [0, 0.05) is 0 Å². The molecule has 21 heavy (non-hydrogen) atoms. The average Bonchev–Trinajstić information content (AvgIpc) is 2.95. The van der Waals surface area contributed by atoms with Crippen molar-refractivity contribution in [3.05, 3.63) is 23.2 Å². The molecule has 5 heteroatoms. The first-order chi connectivity index (χ1) is 9.98. The lowest BCUT2D eigenvalue weighted by atomic mass is 9.84. The van der Waals surface area contributed by atoms with Crippen molar-refractivity contribution in [2.24, 2.45) is 0 Å². The van der Waals surface area contributed by atoms with Crippen LogP contribution in [0.1, 0.15) is 54.6 Å². The van der Waals surface area contributed by atoms with Crippen LogP contribution in [0.4, 0.5) is 0 Å². The van der Waals surface area contributed by atoms with E-state index in [0.29, 0.717) is 12.3 Å². The SMILES string of the molecule is Cc1cc(C2SCC(=O)N2CC2(O)CCCCC2)oc1C. The van der Waals surface area contributed by atoms with Gasteiger partial charge in [0.05, 0.1) is 17.9 Å². The molecule has 1 atom stereocenters. The van der Waals surface area contributed by atoms with Crippen LogP contribution >= 0.6 is 11.8 Å². The van der Waals surface area contributed by atoms with Gasteiger partial charge in [0.15, 0.2) is 0 Å². The Kier molecular flexibility index (Phi) is 4.06. The summed E-state index contributed by atoms with van der Waals surface area (Å²) in [5, 5.41) is 10.7. The molecule has 1 amide bonds. The molecule has 116 valence electrons. The van der Waals surface area contributed by atoms with Gasteiger partial charge in [-0.3, -0.25) is 4.79 Å². The minimum Gasteiger partial charge on any atom is -0.463 e. The zero-order valence-electron chi connectivity index (χ0n) is 12.7. The van der Waals surface area contributed by atoms with Gasteiger partial charge in [0.2, 0.25) is 5.91 Å². The summed E-state index contributed by atoms with van der Waals surface area (Å²) >= 11 is 1.59. The first kappa shape index (κ1) is 15.0. The molecule has 1 unspecified atom stereocenters. The highest BCUT2D eigenvalue weighted by atomic mass is 32.2. The second-order valence-electron chi connectivity index (χ2n) is 6.36. The molecular weight excluding hydrogens is 286 g/mol. The van der Waals surface area contributed by atoms with E-state index in [4.69, 9.17) is 4.42 Å². The lowest BCUT2D eigenvalue weighted by molar-refractivity contribution is -0.133. The van der Waals surface area contributed by atoms with Crippen LogP contribution in [0.5, 0.6) is 0 Å². The summed E-state index contributed by atoms with van der Waals surface area (Å²) in [4.78, 5) is 14.0. The van der Waals surface area contributed by atoms with Gasteiger partial charge in [0.1, 0.15) is 16.9 Å². The predicted molar refractivity (Wildman–Crippen MR) is 83.1 cm³/mol. The second kappa shape index (κ2) is 5.69. The molecule has 2 heterocycles. The molecule has 0 bridgehead atoms. The van der Waals surface area contributed by atoms with Crippen molar-refractivity contribution in [3.63, 3.8) is 0 Å². The second-order valence-corrected chi connectivity index (χ2v) is 7.43. The number of amides is 1. The van der Waals surface area contributed by atoms with Gasteiger partial charge in [-0.2, -0.15) is 0 Å². The Bertz CT molecular complexity index is 514. The van der Waals surface area contributed by atoms with E-state index >= 15 is 0 Å². The van der Waals surface area contributed by atoms with Gasteiger partial charge in [-0.25, -0.2) is 0 Å². The van der Waals surface area contributed by atoms with E-state index < -0.39 is 5.60 Å². The first-order valence-corrected chi connectivity index (χ1v) is 8.74. The molecule has 2 fully saturated rings. The van der Waals surface area contributed by atoms with Crippen LogP contribution in [0, 0.1) is 13.8 Å². The van der Waals surface area contributed by atoms with Crippen LogP contribution in [0.3, 0.4) is 0 Å². The number of carbonyl (C=O) groups excluding carboxylic acids is 1. The van der Waals surface area contributed by atoms with E-state index in [9.17, 15) is 9.90 Å². The van der Waals surface area contributed by atoms with Crippen molar-refractivity contribution >= 4 is 17.7 Å². The van der Waals surface area contributed by atoms with Crippen LogP contribution in [0.15, 0.2) is 10.5 Å². The molecule has 1 aliphatic heterocycles. The smallest absolute Gasteiger partial charge is 0.234 e. The van der Waals surface area contributed by atoms with E-state index in [1.807, 2.05) is 24.8 Å². The first-order valence-electron chi connectivity index (χ1n) is 7.69. The predicted octanol–water partition coefficient (Wildman–Crippen LogP) is 3.17. The molecular formula is C16H23NO3S. The maximum atomic E-state index is 12.2. The molecule has 1 N–H and O–H groups in total. The van der Waals surface area contributed by atoms with Crippen LogP contribution < -0.4 is 0 Å². The van der Waals surface area contributed by atoms with E-state index in [-0.39, 0.29) is 11.3 Å². The van der Waals surface area contributed by atoms with Crippen molar-refractivity contribution in [1.82, 2.24) is 4.90 Å². The number of aliphatic hydroxyl groups is 1. The molecule has 2 aliphatic rings. The third-order valence-electron chi connectivity index (χ3n) is 4.65.